The minimum Gasteiger partial charge on any atom is -0.404 e. The van der Waals surface area contributed by atoms with E-state index in [0.717, 1.165) is 44.0 Å². The van der Waals surface area contributed by atoms with Crippen LogP contribution in [0.25, 0.3) is 5.57 Å². The maximum atomic E-state index is 12.2. The zero-order valence-corrected chi connectivity index (χ0v) is 16.3. The van der Waals surface area contributed by atoms with E-state index in [9.17, 15) is 9.59 Å². The molecule has 1 aromatic heterocycles. The lowest BCUT2D eigenvalue weighted by Gasteiger charge is -2.38. The maximum absolute atomic E-state index is 12.2. The molecule has 1 unspecified atom stereocenters. The van der Waals surface area contributed by atoms with Gasteiger partial charge in [-0.3, -0.25) is 14.9 Å². The van der Waals surface area contributed by atoms with Crippen LogP contribution >= 0.6 is 0 Å². The third kappa shape index (κ3) is 4.10. The van der Waals surface area contributed by atoms with Crippen molar-refractivity contribution in [1.82, 2.24) is 20.4 Å². The maximum Gasteiger partial charge on any atom is 0.261 e. The Hall–Kier alpha value is -2.48. The second-order valence-corrected chi connectivity index (χ2v) is 7.80. The van der Waals surface area contributed by atoms with E-state index < -0.39 is 11.8 Å². The molecular weight excluding hydrogens is 344 g/mol. The van der Waals surface area contributed by atoms with Crippen molar-refractivity contribution < 1.29 is 9.59 Å². The van der Waals surface area contributed by atoms with Gasteiger partial charge >= 0.3 is 0 Å². The molecule has 2 amide bonds. The van der Waals surface area contributed by atoms with Crippen LogP contribution < -0.4 is 16.0 Å². The zero-order valence-electron chi connectivity index (χ0n) is 16.3. The fourth-order valence-electron chi connectivity index (χ4n) is 4.33. The Morgan fingerprint density at radius 1 is 1.26 bits per heavy atom. The predicted octanol–water partition coefficient (Wildman–Crippen LogP) is 0.669. The Kier molecular flexibility index (Phi) is 5.46. The minimum absolute atomic E-state index is 0.144. The summed E-state index contributed by atoms with van der Waals surface area (Å²) in [6.45, 7) is 7.42. The minimum atomic E-state index is -0.569. The average Bonchev–Trinajstić information content (AvgIpc) is 2.99. The summed E-state index contributed by atoms with van der Waals surface area (Å²) in [4.78, 5) is 28.2. The lowest BCUT2D eigenvalue weighted by Crippen LogP contribution is -2.43. The van der Waals surface area contributed by atoms with Crippen LogP contribution in [0.15, 0.2) is 12.3 Å². The molecule has 3 heterocycles. The summed E-state index contributed by atoms with van der Waals surface area (Å²) in [5.74, 6) is -1.01. The smallest absolute Gasteiger partial charge is 0.261 e. The summed E-state index contributed by atoms with van der Waals surface area (Å²) in [7, 11) is 2.19. The molecule has 27 heavy (non-hydrogen) atoms. The van der Waals surface area contributed by atoms with Gasteiger partial charge < -0.3 is 15.5 Å². The molecule has 0 saturated carbocycles. The highest BCUT2D eigenvalue weighted by Gasteiger charge is 2.41. The van der Waals surface area contributed by atoms with E-state index in [1.54, 1.807) is 0 Å². The number of imide groups is 1. The van der Waals surface area contributed by atoms with E-state index >= 15 is 0 Å². The highest BCUT2D eigenvalue weighted by molar-refractivity contribution is 6.22. The van der Waals surface area contributed by atoms with Crippen molar-refractivity contribution in [2.75, 3.05) is 38.1 Å². The second kappa shape index (κ2) is 7.64. The van der Waals surface area contributed by atoms with Crippen LogP contribution in [-0.4, -0.2) is 60.1 Å². The number of nitrogens with zero attached hydrogens (tertiary/aromatic N) is 4. The highest BCUT2D eigenvalue weighted by atomic mass is 16.2. The molecule has 1 aromatic rings. The van der Waals surface area contributed by atoms with Crippen molar-refractivity contribution in [2.45, 2.75) is 33.1 Å². The van der Waals surface area contributed by atoms with Gasteiger partial charge in [0, 0.05) is 38.2 Å². The third-order valence-electron chi connectivity index (χ3n) is 5.56. The molecule has 8 heteroatoms. The molecule has 0 radical (unpaired) electrons. The fourth-order valence-corrected chi connectivity index (χ4v) is 4.33. The van der Waals surface area contributed by atoms with Gasteiger partial charge in [0.15, 0.2) is 0 Å². The van der Waals surface area contributed by atoms with Crippen LogP contribution in [0.5, 0.6) is 0 Å². The number of hydrogen-bond donors (Lipinski definition) is 2. The van der Waals surface area contributed by atoms with Gasteiger partial charge in [-0.1, -0.05) is 0 Å². The molecular formula is C19H28N6O2. The molecule has 0 aliphatic carbocycles. The Morgan fingerprint density at radius 3 is 2.70 bits per heavy atom. The lowest BCUT2D eigenvalue weighted by molar-refractivity contribution is -0.126. The quantitative estimate of drug-likeness (QED) is 0.752. The first-order valence-corrected chi connectivity index (χ1v) is 9.35. The lowest BCUT2D eigenvalue weighted by atomic mass is 9.79. The first-order valence-electron chi connectivity index (χ1n) is 9.35. The van der Waals surface area contributed by atoms with Crippen LogP contribution in [-0.2, 0) is 9.59 Å². The first kappa shape index (κ1) is 19.3. The number of piperidine rings is 1. The van der Waals surface area contributed by atoms with E-state index in [-0.39, 0.29) is 5.57 Å². The standard InChI is InChI=1S/C19H28N6O2/c1-13-17(25-8-6-19(12-25)5-4-7-24(3)11-19)9-16(23-22-13)15(10-20)18(27)21-14(2)26/h9-10H,4-8,11-12,20H2,1-3H3,(H,21,26,27)/b15-10-. The van der Waals surface area contributed by atoms with Crippen molar-refractivity contribution in [1.29, 1.82) is 0 Å². The van der Waals surface area contributed by atoms with Crippen molar-refractivity contribution in [3.05, 3.63) is 23.7 Å². The Balaban J connectivity index is 1.84. The summed E-state index contributed by atoms with van der Waals surface area (Å²) in [5.41, 5.74) is 8.26. The predicted molar refractivity (Wildman–Crippen MR) is 104 cm³/mol. The SMILES string of the molecule is CC(=O)NC(=O)/C(=C\N)c1cc(N2CCC3(CCCN(C)C3)C2)c(C)nn1. The van der Waals surface area contributed by atoms with Gasteiger partial charge in [0.2, 0.25) is 5.91 Å². The summed E-state index contributed by atoms with van der Waals surface area (Å²) in [6.07, 6.45) is 4.80. The number of amides is 2. The van der Waals surface area contributed by atoms with Gasteiger partial charge in [-0.2, -0.15) is 5.10 Å². The van der Waals surface area contributed by atoms with E-state index in [2.05, 4.69) is 32.4 Å². The average molecular weight is 372 g/mol. The van der Waals surface area contributed by atoms with E-state index in [1.165, 1.54) is 26.0 Å². The Morgan fingerprint density at radius 2 is 2.04 bits per heavy atom. The fraction of sp³-hybridized carbons (Fsp3) is 0.579. The molecule has 1 spiro atoms. The van der Waals surface area contributed by atoms with Crippen molar-refractivity contribution in [3.63, 3.8) is 0 Å². The van der Waals surface area contributed by atoms with Gasteiger partial charge in [0.25, 0.3) is 5.91 Å². The number of likely N-dealkylation sites (tertiary alicyclic amines) is 1. The molecule has 2 aliphatic heterocycles. The molecule has 3 rings (SSSR count). The zero-order chi connectivity index (χ0) is 19.6. The Labute approximate surface area is 159 Å². The topological polar surface area (TPSA) is 104 Å². The van der Waals surface area contributed by atoms with Gasteiger partial charge in [-0.25, -0.2) is 0 Å². The van der Waals surface area contributed by atoms with Crippen LogP contribution in [0.4, 0.5) is 5.69 Å². The molecule has 146 valence electrons. The second-order valence-electron chi connectivity index (χ2n) is 7.80. The summed E-state index contributed by atoms with van der Waals surface area (Å²) >= 11 is 0. The third-order valence-corrected chi connectivity index (χ3v) is 5.56. The molecule has 0 bridgehead atoms. The van der Waals surface area contributed by atoms with Crippen LogP contribution in [0.1, 0.15) is 37.6 Å². The summed E-state index contributed by atoms with van der Waals surface area (Å²) in [6, 6.07) is 1.85. The molecule has 1 atom stereocenters. The van der Waals surface area contributed by atoms with Gasteiger partial charge in [-0.05, 0) is 45.8 Å². The van der Waals surface area contributed by atoms with E-state index in [1.807, 2.05) is 13.0 Å². The van der Waals surface area contributed by atoms with Crippen molar-refractivity contribution in [3.8, 4) is 0 Å². The molecule has 2 fully saturated rings. The highest BCUT2D eigenvalue weighted by Crippen LogP contribution is 2.40. The number of hydrogen-bond acceptors (Lipinski definition) is 7. The molecule has 0 aromatic carbocycles. The Bertz CT molecular complexity index is 777. The monoisotopic (exact) mass is 372 g/mol. The number of aromatic nitrogens is 2. The van der Waals surface area contributed by atoms with Gasteiger partial charge in [0.1, 0.15) is 5.69 Å². The van der Waals surface area contributed by atoms with Crippen molar-refractivity contribution in [2.24, 2.45) is 11.1 Å². The number of nitrogens with one attached hydrogen (secondary N) is 1. The number of carbonyl (C=O) groups excluding carboxylic acids is 2. The normalized spacial score (nSPS) is 23.7. The van der Waals surface area contributed by atoms with E-state index in [4.69, 9.17) is 5.73 Å². The van der Waals surface area contributed by atoms with Crippen LogP contribution in [0.3, 0.4) is 0 Å². The van der Waals surface area contributed by atoms with Crippen molar-refractivity contribution >= 4 is 23.1 Å². The van der Waals surface area contributed by atoms with E-state index in [0.29, 0.717) is 11.1 Å². The number of nitrogens with two attached hydrogens (primary N) is 1. The molecule has 2 saturated heterocycles. The van der Waals surface area contributed by atoms with Crippen LogP contribution in [0.2, 0.25) is 0 Å². The van der Waals surface area contributed by atoms with Gasteiger partial charge in [0.05, 0.1) is 17.0 Å². The van der Waals surface area contributed by atoms with Gasteiger partial charge in [-0.15, -0.1) is 5.10 Å². The number of anilines is 1. The molecule has 8 nitrogen and oxygen atoms in total. The summed E-state index contributed by atoms with van der Waals surface area (Å²) < 4.78 is 0. The molecule has 2 aliphatic rings. The largest absolute Gasteiger partial charge is 0.404 e. The number of rotatable bonds is 3. The summed E-state index contributed by atoms with van der Waals surface area (Å²) in [5, 5.41) is 10.6. The first-order chi connectivity index (χ1) is 12.8. The number of carbonyl (C=O) groups is 2. The van der Waals surface area contributed by atoms with Crippen LogP contribution in [0, 0.1) is 12.3 Å². The number of aryl methyl sites for hydroxylation is 1. The molecule has 3 N–H and O–H groups in total.